The van der Waals surface area contributed by atoms with E-state index in [2.05, 4.69) is 6.58 Å². The molecule has 0 radical (unpaired) electrons. The lowest BCUT2D eigenvalue weighted by Gasteiger charge is -2.16. The molecule has 1 aliphatic heterocycles. The first-order valence-corrected chi connectivity index (χ1v) is 11.6. The summed E-state index contributed by atoms with van der Waals surface area (Å²) < 4.78 is 41.2. The van der Waals surface area contributed by atoms with E-state index in [4.69, 9.17) is 11.6 Å². The van der Waals surface area contributed by atoms with Gasteiger partial charge in [-0.3, -0.25) is 0 Å². The van der Waals surface area contributed by atoms with Crippen molar-refractivity contribution in [2.24, 2.45) is 0 Å². The molecule has 1 aromatic heterocycles. The quantitative estimate of drug-likeness (QED) is 0.600. The molecular weight excluding hydrogens is 429 g/mol. The SMILES string of the molecule is C=C(c1ccc(Cl)cc1)c1c2n(c3cc(F)cc(S(C)(=O)=O)c13)CCC2CC(=O)[O-]. The van der Waals surface area contributed by atoms with Crippen LogP contribution in [0.15, 0.2) is 47.9 Å². The largest absolute Gasteiger partial charge is 0.550 e. The first-order chi connectivity index (χ1) is 14.1. The summed E-state index contributed by atoms with van der Waals surface area (Å²) in [5, 5.41) is 12.2. The number of benzene rings is 2. The predicted molar refractivity (Wildman–Crippen MR) is 112 cm³/mol. The van der Waals surface area contributed by atoms with Gasteiger partial charge in [0, 0.05) is 46.4 Å². The standard InChI is InChI=1S/C22H19ClFNO4S/c1-12(13-3-5-15(23)6-4-13)20-21-17(10-16(24)11-18(21)30(2,28)29)25-8-7-14(22(20)25)9-19(26)27/h3-6,10-11,14H,1,7-9H2,2H3,(H,26,27)/p-1. The molecule has 2 aromatic carbocycles. The van der Waals surface area contributed by atoms with E-state index in [9.17, 15) is 22.7 Å². The van der Waals surface area contributed by atoms with E-state index >= 15 is 0 Å². The molecule has 30 heavy (non-hydrogen) atoms. The zero-order chi connectivity index (χ0) is 21.8. The van der Waals surface area contributed by atoms with Crippen LogP contribution in [0.2, 0.25) is 5.02 Å². The molecule has 156 valence electrons. The maximum absolute atomic E-state index is 14.4. The Balaban J connectivity index is 2.09. The average Bonchev–Trinajstić information content (AvgIpc) is 3.18. The molecule has 0 saturated carbocycles. The Morgan fingerprint density at radius 3 is 2.57 bits per heavy atom. The van der Waals surface area contributed by atoms with E-state index in [0.717, 1.165) is 12.3 Å². The van der Waals surface area contributed by atoms with Crippen molar-refractivity contribution in [2.75, 3.05) is 6.26 Å². The van der Waals surface area contributed by atoms with Gasteiger partial charge in [-0.2, -0.15) is 0 Å². The average molecular weight is 447 g/mol. The third kappa shape index (κ3) is 3.42. The third-order valence-corrected chi connectivity index (χ3v) is 6.90. The molecule has 1 atom stereocenters. The summed E-state index contributed by atoms with van der Waals surface area (Å²) >= 11 is 5.99. The molecule has 0 aliphatic carbocycles. The van der Waals surface area contributed by atoms with Crippen LogP contribution in [-0.2, 0) is 21.2 Å². The van der Waals surface area contributed by atoms with Crippen molar-refractivity contribution in [1.82, 2.24) is 4.57 Å². The van der Waals surface area contributed by atoms with Crippen molar-refractivity contribution in [2.45, 2.75) is 30.2 Å². The maximum Gasteiger partial charge on any atom is 0.176 e. The maximum atomic E-state index is 14.4. The second-order valence-electron chi connectivity index (χ2n) is 7.53. The van der Waals surface area contributed by atoms with Crippen LogP contribution in [0.5, 0.6) is 0 Å². The van der Waals surface area contributed by atoms with E-state index in [-0.39, 0.29) is 11.3 Å². The van der Waals surface area contributed by atoms with Crippen LogP contribution < -0.4 is 5.11 Å². The van der Waals surface area contributed by atoms with Crippen LogP contribution in [0.1, 0.15) is 35.6 Å². The number of carboxylic acid groups (broad SMARTS) is 1. The second kappa shape index (κ2) is 7.25. The highest BCUT2D eigenvalue weighted by Gasteiger charge is 2.33. The minimum atomic E-state index is -3.77. The Morgan fingerprint density at radius 2 is 1.97 bits per heavy atom. The van der Waals surface area contributed by atoms with Crippen LogP contribution in [0.3, 0.4) is 0 Å². The number of hydrogen-bond donors (Lipinski definition) is 0. The van der Waals surface area contributed by atoms with Crippen molar-refractivity contribution in [3.8, 4) is 0 Å². The normalized spacial score (nSPS) is 16.0. The van der Waals surface area contributed by atoms with E-state index < -0.39 is 27.5 Å². The monoisotopic (exact) mass is 446 g/mol. The highest BCUT2D eigenvalue weighted by Crippen LogP contribution is 2.46. The number of hydrogen-bond acceptors (Lipinski definition) is 4. The summed E-state index contributed by atoms with van der Waals surface area (Å²) in [5.41, 5.74) is 2.81. The molecule has 2 heterocycles. The van der Waals surface area contributed by atoms with Gasteiger partial charge in [-0.1, -0.05) is 30.3 Å². The molecular formula is C22H18ClFNO4S-. The van der Waals surface area contributed by atoms with E-state index in [1.54, 1.807) is 28.8 Å². The lowest BCUT2D eigenvalue weighted by atomic mass is 9.90. The van der Waals surface area contributed by atoms with Crippen LogP contribution in [0, 0.1) is 5.82 Å². The van der Waals surface area contributed by atoms with Gasteiger partial charge >= 0.3 is 0 Å². The van der Waals surface area contributed by atoms with Gasteiger partial charge in [-0.15, -0.1) is 0 Å². The number of fused-ring (bicyclic) bond motifs is 3. The summed E-state index contributed by atoms with van der Waals surface area (Å²) in [6.07, 6.45) is 1.34. The number of rotatable bonds is 5. The zero-order valence-electron chi connectivity index (χ0n) is 16.1. The molecule has 0 amide bonds. The second-order valence-corrected chi connectivity index (χ2v) is 9.95. The molecule has 1 unspecified atom stereocenters. The summed E-state index contributed by atoms with van der Waals surface area (Å²) in [6, 6.07) is 9.18. The number of nitrogens with zero attached hydrogens (tertiary/aromatic N) is 1. The molecule has 8 heteroatoms. The highest BCUT2D eigenvalue weighted by molar-refractivity contribution is 7.91. The van der Waals surface area contributed by atoms with Gasteiger partial charge < -0.3 is 14.5 Å². The number of carbonyl (C=O) groups is 1. The predicted octanol–water partition coefficient (Wildman–Crippen LogP) is 3.53. The molecule has 3 aromatic rings. The van der Waals surface area contributed by atoms with Crippen molar-refractivity contribution in [1.29, 1.82) is 0 Å². The molecule has 1 aliphatic rings. The molecule has 5 nitrogen and oxygen atoms in total. The van der Waals surface area contributed by atoms with E-state index in [0.29, 0.717) is 51.3 Å². The van der Waals surface area contributed by atoms with Gasteiger partial charge in [0.15, 0.2) is 9.84 Å². The van der Waals surface area contributed by atoms with Gasteiger partial charge in [-0.05, 0) is 48.2 Å². The first-order valence-electron chi connectivity index (χ1n) is 9.28. The summed E-state index contributed by atoms with van der Waals surface area (Å²) in [5.74, 6) is -2.26. The first kappa shape index (κ1) is 20.6. The summed E-state index contributed by atoms with van der Waals surface area (Å²) in [6.45, 7) is 4.62. The number of aliphatic carboxylic acids is 1. The lowest BCUT2D eigenvalue weighted by molar-refractivity contribution is -0.306. The van der Waals surface area contributed by atoms with Gasteiger partial charge in [-0.25, -0.2) is 12.8 Å². The van der Waals surface area contributed by atoms with Gasteiger partial charge in [0.2, 0.25) is 0 Å². The van der Waals surface area contributed by atoms with E-state index in [1.165, 1.54) is 6.07 Å². The molecule has 0 saturated heterocycles. The number of sulfone groups is 1. The Kier molecular flexibility index (Phi) is 4.98. The van der Waals surface area contributed by atoms with Gasteiger partial charge in [0.25, 0.3) is 0 Å². The number of aryl methyl sites for hydroxylation is 1. The smallest absolute Gasteiger partial charge is 0.176 e. The molecule has 4 rings (SSSR count). The fraction of sp³-hybridized carbons (Fsp3) is 0.227. The van der Waals surface area contributed by atoms with Gasteiger partial charge in [0.1, 0.15) is 5.82 Å². The van der Waals surface area contributed by atoms with Crippen LogP contribution >= 0.6 is 11.6 Å². The Labute approximate surface area is 178 Å². The van der Waals surface area contributed by atoms with Crippen molar-refractivity contribution in [3.05, 3.63) is 70.6 Å². The van der Waals surface area contributed by atoms with Crippen LogP contribution in [0.4, 0.5) is 4.39 Å². The lowest BCUT2D eigenvalue weighted by Crippen LogP contribution is -2.24. The number of aromatic nitrogens is 1. The summed E-state index contributed by atoms with van der Waals surface area (Å²) in [4.78, 5) is 11.2. The number of carbonyl (C=O) groups excluding carboxylic acids is 1. The summed E-state index contributed by atoms with van der Waals surface area (Å²) in [7, 11) is -3.77. The van der Waals surface area contributed by atoms with Crippen molar-refractivity contribution in [3.63, 3.8) is 0 Å². The topological polar surface area (TPSA) is 79.2 Å². The minimum Gasteiger partial charge on any atom is -0.550 e. The molecule has 0 bridgehead atoms. The number of carboxylic acids is 1. The number of halogens is 2. The Hall–Kier alpha value is -2.64. The molecule has 0 N–H and O–H groups in total. The highest BCUT2D eigenvalue weighted by atomic mass is 35.5. The fourth-order valence-corrected chi connectivity index (χ4v) is 5.34. The van der Waals surface area contributed by atoms with Crippen molar-refractivity contribution >= 4 is 43.9 Å². The fourth-order valence-electron chi connectivity index (χ4n) is 4.31. The van der Waals surface area contributed by atoms with Gasteiger partial charge in [0.05, 0.1) is 10.4 Å². The van der Waals surface area contributed by atoms with Crippen LogP contribution in [0.25, 0.3) is 16.5 Å². The zero-order valence-corrected chi connectivity index (χ0v) is 17.7. The van der Waals surface area contributed by atoms with Crippen LogP contribution in [-0.4, -0.2) is 25.2 Å². The third-order valence-electron chi connectivity index (χ3n) is 5.53. The Morgan fingerprint density at radius 1 is 1.30 bits per heavy atom. The Bertz CT molecular complexity index is 1310. The minimum absolute atomic E-state index is 0.142. The molecule has 0 spiro atoms. The van der Waals surface area contributed by atoms with E-state index in [1.807, 2.05) is 0 Å². The molecule has 0 fully saturated rings. The van der Waals surface area contributed by atoms with Crippen molar-refractivity contribution < 1.29 is 22.7 Å².